The Balaban J connectivity index is 2.07. The van der Waals surface area contributed by atoms with Gasteiger partial charge in [0.15, 0.2) is 11.6 Å². The minimum absolute atomic E-state index is 0.0732. The summed E-state index contributed by atoms with van der Waals surface area (Å²) in [6.07, 6.45) is -0.833. The first kappa shape index (κ1) is 11.3. The average Bonchev–Trinajstić information content (AvgIpc) is 2.25. The molecule has 2 atom stereocenters. The quantitative estimate of drug-likeness (QED) is 0.836. The van der Waals surface area contributed by atoms with Gasteiger partial charge in [-0.3, -0.25) is 0 Å². The zero-order valence-corrected chi connectivity index (χ0v) is 8.53. The van der Waals surface area contributed by atoms with Gasteiger partial charge in [0, 0.05) is 19.1 Å². The van der Waals surface area contributed by atoms with Gasteiger partial charge in [-0.25, -0.2) is 8.78 Å². The summed E-state index contributed by atoms with van der Waals surface area (Å²) in [6, 6.07) is 3.05. The van der Waals surface area contributed by atoms with E-state index in [9.17, 15) is 13.9 Å². The van der Waals surface area contributed by atoms with Gasteiger partial charge in [0.2, 0.25) is 0 Å². The van der Waals surface area contributed by atoms with Gasteiger partial charge in [-0.2, -0.15) is 0 Å². The Morgan fingerprint density at radius 1 is 1.38 bits per heavy atom. The van der Waals surface area contributed by atoms with Crippen LogP contribution in [0.25, 0.3) is 0 Å². The van der Waals surface area contributed by atoms with Crippen molar-refractivity contribution in [3.63, 3.8) is 0 Å². The number of rotatable bonds is 2. The maximum absolute atomic E-state index is 13.2. The summed E-state index contributed by atoms with van der Waals surface area (Å²) >= 11 is 0. The van der Waals surface area contributed by atoms with Gasteiger partial charge in [-0.1, -0.05) is 0 Å². The second-order valence-corrected chi connectivity index (χ2v) is 3.66. The highest BCUT2D eigenvalue weighted by molar-refractivity contribution is 5.25. The van der Waals surface area contributed by atoms with Crippen LogP contribution in [0.4, 0.5) is 8.78 Å². The van der Waals surface area contributed by atoms with E-state index in [1.807, 2.05) is 0 Å². The largest absolute Gasteiger partial charge is 0.482 e. The van der Waals surface area contributed by atoms with Crippen LogP contribution in [0, 0.1) is 11.6 Å². The maximum Gasteiger partial charge on any atom is 0.167 e. The molecule has 0 aliphatic carbocycles. The summed E-state index contributed by atoms with van der Waals surface area (Å²) in [7, 11) is 0. The molecule has 1 aromatic carbocycles. The van der Waals surface area contributed by atoms with Crippen molar-refractivity contribution in [2.75, 3.05) is 13.2 Å². The molecule has 0 aromatic heterocycles. The summed E-state index contributed by atoms with van der Waals surface area (Å²) in [4.78, 5) is 0. The van der Waals surface area contributed by atoms with Crippen LogP contribution in [0.3, 0.4) is 0 Å². The molecule has 1 fully saturated rings. The van der Waals surface area contributed by atoms with Crippen molar-refractivity contribution >= 4 is 0 Å². The molecule has 0 bridgehead atoms. The molecule has 2 rings (SSSR count). The van der Waals surface area contributed by atoms with Crippen LogP contribution in [0.1, 0.15) is 6.42 Å². The van der Waals surface area contributed by atoms with Gasteiger partial charge in [-0.15, -0.1) is 0 Å². The molecule has 1 heterocycles. The standard InChI is InChI=1S/C11H12F2O3/c12-7-1-2-10(8(13)5-7)16-11-6-15-4-3-9(11)14/h1-2,5,9,11,14H,3-4,6H2. The molecule has 0 spiro atoms. The first-order valence-corrected chi connectivity index (χ1v) is 5.04. The zero-order valence-electron chi connectivity index (χ0n) is 8.53. The fourth-order valence-corrected chi connectivity index (χ4v) is 1.55. The average molecular weight is 230 g/mol. The second kappa shape index (κ2) is 4.76. The monoisotopic (exact) mass is 230 g/mol. The van der Waals surface area contributed by atoms with Crippen molar-refractivity contribution in [3.05, 3.63) is 29.8 Å². The lowest BCUT2D eigenvalue weighted by atomic mass is 10.1. The number of ether oxygens (including phenoxy) is 2. The van der Waals surface area contributed by atoms with Crippen molar-refractivity contribution in [1.82, 2.24) is 0 Å². The molecule has 1 aliphatic heterocycles. The van der Waals surface area contributed by atoms with Crippen LogP contribution in [0.5, 0.6) is 5.75 Å². The van der Waals surface area contributed by atoms with E-state index in [1.165, 1.54) is 6.07 Å². The second-order valence-electron chi connectivity index (χ2n) is 3.66. The van der Waals surface area contributed by atoms with Crippen LogP contribution in [0.15, 0.2) is 18.2 Å². The third-order valence-electron chi connectivity index (χ3n) is 2.44. The Kier molecular flexibility index (Phi) is 3.36. The number of aliphatic hydroxyl groups is 1. The van der Waals surface area contributed by atoms with E-state index in [1.54, 1.807) is 0 Å². The molecule has 1 N–H and O–H groups in total. The van der Waals surface area contributed by atoms with Crippen molar-refractivity contribution in [2.45, 2.75) is 18.6 Å². The van der Waals surface area contributed by atoms with E-state index in [-0.39, 0.29) is 12.4 Å². The molecule has 16 heavy (non-hydrogen) atoms. The highest BCUT2D eigenvalue weighted by Crippen LogP contribution is 2.21. The Morgan fingerprint density at radius 3 is 2.88 bits per heavy atom. The zero-order chi connectivity index (χ0) is 11.5. The van der Waals surface area contributed by atoms with E-state index < -0.39 is 23.8 Å². The molecule has 0 amide bonds. The molecule has 1 saturated heterocycles. The normalized spacial score (nSPS) is 25.4. The van der Waals surface area contributed by atoms with Crippen molar-refractivity contribution in [3.8, 4) is 5.75 Å². The summed E-state index contributed by atoms with van der Waals surface area (Å²) < 4.78 is 36.2. The molecular formula is C11H12F2O3. The van der Waals surface area contributed by atoms with Gasteiger partial charge in [-0.05, 0) is 12.1 Å². The SMILES string of the molecule is OC1CCOCC1Oc1ccc(F)cc1F. The van der Waals surface area contributed by atoms with Crippen molar-refractivity contribution in [2.24, 2.45) is 0 Å². The number of hydrogen-bond acceptors (Lipinski definition) is 3. The third kappa shape index (κ3) is 2.48. The Labute approximate surface area is 91.6 Å². The van der Waals surface area contributed by atoms with Crippen LogP contribution in [-0.2, 0) is 4.74 Å². The van der Waals surface area contributed by atoms with Gasteiger partial charge in [0.25, 0.3) is 0 Å². The predicted molar refractivity (Wildman–Crippen MR) is 52.2 cm³/mol. The first-order chi connectivity index (χ1) is 7.66. The topological polar surface area (TPSA) is 38.7 Å². The third-order valence-corrected chi connectivity index (χ3v) is 2.44. The van der Waals surface area contributed by atoms with E-state index in [2.05, 4.69) is 0 Å². The molecule has 0 radical (unpaired) electrons. The number of aliphatic hydroxyl groups excluding tert-OH is 1. The molecule has 2 unspecified atom stereocenters. The van der Waals surface area contributed by atoms with Gasteiger partial charge >= 0.3 is 0 Å². The Morgan fingerprint density at radius 2 is 2.19 bits per heavy atom. The lowest BCUT2D eigenvalue weighted by Gasteiger charge is -2.28. The molecule has 0 saturated carbocycles. The van der Waals surface area contributed by atoms with E-state index in [0.717, 1.165) is 12.1 Å². The minimum atomic E-state index is -0.780. The molecule has 1 aromatic rings. The van der Waals surface area contributed by atoms with Crippen LogP contribution >= 0.6 is 0 Å². The highest BCUT2D eigenvalue weighted by atomic mass is 19.1. The molecular weight excluding hydrogens is 218 g/mol. The van der Waals surface area contributed by atoms with Crippen LogP contribution in [-0.4, -0.2) is 30.5 Å². The van der Waals surface area contributed by atoms with E-state index in [0.29, 0.717) is 13.0 Å². The Hall–Kier alpha value is -1.20. The van der Waals surface area contributed by atoms with Gasteiger partial charge in [0.05, 0.1) is 12.7 Å². The number of hydrogen-bond donors (Lipinski definition) is 1. The fraction of sp³-hybridized carbons (Fsp3) is 0.455. The minimum Gasteiger partial charge on any atom is -0.482 e. The van der Waals surface area contributed by atoms with Crippen LogP contribution < -0.4 is 4.74 Å². The van der Waals surface area contributed by atoms with E-state index in [4.69, 9.17) is 9.47 Å². The van der Waals surface area contributed by atoms with Crippen LogP contribution in [0.2, 0.25) is 0 Å². The van der Waals surface area contributed by atoms with Crippen molar-refractivity contribution < 1.29 is 23.4 Å². The molecule has 3 nitrogen and oxygen atoms in total. The summed E-state index contributed by atoms with van der Waals surface area (Å²) in [5.41, 5.74) is 0. The number of benzene rings is 1. The lowest BCUT2D eigenvalue weighted by molar-refractivity contribution is -0.0745. The molecule has 88 valence electrons. The van der Waals surface area contributed by atoms with Gasteiger partial charge in [0.1, 0.15) is 11.9 Å². The Bertz CT molecular complexity index is 370. The maximum atomic E-state index is 13.2. The van der Waals surface area contributed by atoms with Gasteiger partial charge < -0.3 is 14.6 Å². The summed E-state index contributed by atoms with van der Waals surface area (Å²) in [5, 5.41) is 9.57. The predicted octanol–water partition coefficient (Wildman–Crippen LogP) is 1.49. The van der Waals surface area contributed by atoms with Crippen molar-refractivity contribution in [1.29, 1.82) is 0 Å². The molecule has 1 aliphatic rings. The number of halogens is 2. The summed E-state index contributed by atoms with van der Waals surface area (Å²) in [6.45, 7) is 0.672. The lowest BCUT2D eigenvalue weighted by Crippen LogP contribution is -2.41. The smallest absolute Gasteiger partial charge is 0.167 e. The highest BCUT2D eigenvalue weighted by Gasteiger charge is 2.26. The fourth-order valence-electron chi connectivity index (χ4n) is 1.55. The first-order valence-electron chi connectivity index (χ1n) is 5.04. The summed E-state index contributed by atoms with van der Waals surface area (Å²) in [5.74, 6) is -1.51. The molecule has 5 heteroatoms. The van der Waals surface area contributed by atoms with E-state index >= 15 is 0 Å².